The van der Waals surface area contributed by atoms with Gasteiger partial charge in [-0.25, -0.2) is 0 Å². The van der Waals surface area contributed by atoms with E-state index in [2.05, 4.69) is 207 Å². The first-order valence-electron chi connectivity index (χ1n) is 18.0. The van der Waals surface area contributed by atoms with E-state index in [9.17, 15) is 0 Å². The van der Waals surface area contributed by atoms with Crippen LogP contribution in [0.4, 0.5) is 17.1 Å². The molecule has 9 aromatic carbocycles. The van der Waals surface area contributed by atoms with Gasteiger partial charge in [-0.15, -0.1) is 0 Å². The van der Waals surface area contributed by atoms with Gasteiger partial charge < -0.3 is 4.90 Å². The maximum atomic E-state index is 2.40. The largest absolute Gasteiger partial charge is 0.311 e. The minimum Gasteiger partial charge on any atom is -0.311 e. The van der Waals surface area contributed by atoms with Crippen molar-refractivity contribution in [3.8, 4) is 22.3 Å². The zero-order chi connectivity index (χ0) is 35.1. The molecular formula is C51H34IN. The lowest BCUT2D eigenvalue weighted by molar-refractivity contribution is 1.28. The van der Waals surface area contributed by atoms with Crippen molar-refractivity contribution in [1.82, 2.24) is 0 Å². The van der Waals surface area contributed by atoms with E-state index in [1.54, 1.807) is 0 Å². The predicted octanol–water partition coefficient (Wildman–Crippen LogP) is 14.8. The van der Waals surface area contributed by atoms with Crippen LogP contribution in [0.3, 0.4) is 0 Å². The lowest BCUT2D eigenvalue weighted by Crippen LogP contribution is -2.10. The highest BCUT2D eigenvalue weighted by atomic mass is 127. The van der Waals surface area contributed by atoms with Crippen molar-refractivity contribution in [2.75, 3.05) is 4.90 Å². The molecule has 1 aliphatic rings. The summed E-state index contributed by atoms with van der Waals surface area (Å²) in [6.45, 7) is 0. The Morgan fingerprint density at radius 3 is 1.53 bits per heavy atom. The normalized spacial score (nSPS) is 12.6. The van der Waals surface area contributed by atoms with Crippen molar-refractivity contribution in [3.05, 3.63) is 204 Å². The van der Waals surface area contributed by atoms with Gasteiger partial charge in [0.1, 0.15) is 0 Å². The van der Waals surface area contributed by atoms with E-state index in [1.807, 2.05) is 0 Å². The molecule has 9 aromatic rings. The molecule has 0 atom stereocenters. The highest BCUT2D eigenvalue weighted by molar-refractivity contribution is 14.2. The molecule has 0 saturated carbocycles. The molecule has 1 heterocycles. The monoisotopic (exact) mass is 787 g/mol. The van der Waals surface area contributed by atoms with Gasteiger partial charge in [-0.3, -0.25) is 0 Å². The Morgan fingerprint density at radius 1 is 0.358 bits per heavy atom. The van der Waals surface area contributed by atoms with Gasteiger partial charge >= 0.3 is 0 Å². The summed E-state index contributed by atoms with van der Waals surface area (Å²) in [6.07, 6.45) is 4.42. The van der Waals surface area contributed by atoms with Gasteiger partial charge in [0.2, 0.25) is 0 Å². The van der Waals surface area contributed by atoms with Crippen LogP contribution in [0.25, 0.3) is 70.9 Å². The molecule has 0 amide bonds. The summed E-state index contributed by atoms with van der Waals surface area (Å²) in [5, 5.41) is 10.2. The summed E-state index contributed by atoms with van der Waals surface area (Å²) in [5.41, 5.74) is 10.8. The average molecular weight is 788 g/mol. The number of rotatable bonds is 6. The predicted molar refractivity (Wildman–Crippen MR) is 239 cm³/mol. The Balaban J connectivity index is 1.05. The van der Waals surface area contributed by atoms with Crippen LogP contribution in [0.5, 0.6) is 0 Å². The number of hydrogen-bond acceptors (Lipinski definition) is 1. The number of anilines is 3. The molecule has 0 saturated heterocycles. The summed E-state index contributed by atoms with van der Waals surface area (Å²) in [4.78, 5) is 2.37. The molecule has 0 unspecified atom stereocenters. The van der Waals surface area contributed by atoms with Crippen molar-refractivity contribution >= 4 is 90.5 Å². The molecule has 0 fully saturated rings. The second-order valence-electron chi connectivity index (χ2n) is 13.6. The second kappa shape index (κ2) is 13.5. The zero-order valence-corrected chi connectivity index (χ0v) is 31.1. The summed E-state index contributed by atoms with van der Waals surface area (Å²) in [7, 11) is 0. The molecule has 53 heavy (non-hydrogen) atoms. The van der Waals surface area contributed by atoms with Gasteiger partial charge in [0, 0.05) is 17.1 Å². The molecule has 0 radical (unpaired) electrons. The smallest absolute Gasteiger partial charge is 0.0462 e. The SMILES string of the molecule is C1=CC(c2ccc(N(c3ccc(-c4ccc5ccc6ccccc6c5c4)cc3)c3ccc(-c4cc5ccccc5c5ccccc45)cc3)cc2)=CI=C1. The first-order chi connectivity index (χ1) is 26.3. The third kappa shape index (κ3) is 5.86. The number of fused-ring (bicyclic) bond motifs is 6. The van der Waals surface area contributed by atoms with Crippen LogP contribution in [-0.4, -0.2) is 4.01 Å². The van der Waals surface area contributed by atoms with Gasteiger partial charge in [-0.1, -0.05) is 166 Å². The molecule has 10 rings (SSSR count). The Kier molecular flexibility index (Phi) is 8.03. The molecule has 0 bridgehead atoms. The number of allylic oxidation sites excluding steroid dienone is 3. The molecule has 0 N–H and O–H groups in total. The van der Waals surface area contributed by atoms with E-state index in [1.165, 1.54) is 76.5 Å². The molecule has 0 aliphatic carbocycles. The molecule has 1 nitrogen and oxygen atoms in total. The number of nitrogens with zero attached hydrogens (tertiary/aromatic N) is 1. The van der Waals surface area contributed by atoms with Crippen LogP contribution in [0.1, 0.15) is 5.56 Å². The van der Waals surface area contributed by atoms with Crippen LogP contribution < -0.4 is 4.90 Å². The third-order valence-corrected chi connectivity index (χ3v) is 12.3. The van der Waals surface area contributed by atoms with E-state index in [0.717, 1.165) is 17.1 Å². The van der Waals surface area contributed by atoms with E-state index in [4.69, 9.17) is 0 Å². The van der Waals surface area contributed by atoms with Crippen LogP contribution in [0.2, 0.25) is 0 Å². The molecule has 250 valence electrons. The molecule has 0 aromatic heterocycles. The van der Waals surface area contributed by atoms with Gasteiger partial charge in [0.05, 0.1) is 0 Å². The van der Waals surface area contributed by atoms with E-state index < -0.39 is 0 Å². The zero-order valence-electron chi connectivity index (χ0n) is 29.0. The Bertz CT molecular complexity index is 2910. The topological polar surface area (TPSA) is 3.24 Å². The van der Waals surface area contributed by atoms with Crippen LogP contribution in [0, 0.1) is 0 Å². The Hall–Kier alpha value is -6.10. The number of halogens is 1. The summed E-state index contributed by atoms with van der Waals surface area (Å²) >= 11 is -0.0169. The third-order valence-electron chi connectivity index (χ3n) is 10.5. The standard InChI is InChI=1S/C51H34IN/c1-3-11-46-37(8-1)15-16-38-17-18-40(32-50(38)46)35-19-25-43(26-20-35)53(44-27-21-36(22-28-44)42-10-7-31-52-34-42)45-29-23-39(24-30-45)51-33-41-9-2-4-12-47(41)48-13-5-6-14-49(48)51/h1-34H. The lowest BCUT2D eigenvalue weighted by atomic mass is 9.93. The first-order valence-corrected chi connectivity index (χ1v) is 20.5. The summed E-state index contributed by atoms with van der Waals surface area (Å²) in [5.74, 6) is 0. The van der Waals surface area contributed by atoms with E-state index >= 15 is 0 Å². The fourth-order valence-electron chi connectivity index (χ4n) is 7.80. The highest BCUT2D eigenvalue weighted by Crippen LogP contribution is 2.40. The maximum Gasteiger partial charge on any atom is 0.0462 e. The van der Waals surface area contributed by atoms with Gasteiger partial charge in [0.25, 0.3) is 0 Å². The van der Waals surface area contributed by atoms with Crippen molar-refractivity contribution in [3.63, 3.8) is 0 Å². The van der Waals surface area contributed by atoms with Gasteiger partial charge in [-0.05, 0) is 133 Å². The second-order valence-corrected chi connectivity index (χ2v) is 15.6. The molecular weight excluding hydrogens is 753 g/mol. The molecule has 1 aliphatic heterocycles. The fraction of sp³-hybridized carbons (Fsp3) is 0. The van der Waals surface area contributed by atoms with Crippen molar-refractivity contribution in [2.45, 2.75) is 0 Å². The number of hydrogen-bond donors (Lipinski definition) is 0. The minimum absolute atomic E-state index is 0.0169. The Morgan fingerprint density at radius 2 is 0.868 bits per heavy atom. The quantitative estimate of drug-likeness (QED) is 0.120. The summed E-state index contributed by atoms with van der Waals surface area (Å²) < 4.78 is 4.70. The Labute approximate surface area is 319 Å². The maximum absolute atomic E-state index is 2.40. The van der Waals surface area contributed by atoms with Gasteiger partial charge in [0.15, 0.2) is 0 Å². The van der Waals surface area contributed by atoms with Gasteiger partial charge in [-0.2, -0.15) is 0 Å². The molecule has 2 heteroatoms. The van der Waals surface area contributed by atoms with Crippen LogP contribution >= 0.6 is 20.7 Å². The first kappa shape index (κ1) is 31.6. The van der Waals surface area contributed by atoms with E-state index in [-0.39, 0.29) is 20.7 Å². The summed E-state index contributed by atoms with van der Waals surface area (Å²) in [6, 6.07) is 66.9. The van der Waals surface area contributed by atoms with Crippen LogP contribution in [0.15, 0.2) is 198 Å². The molecule has 0 spiro atoms. The lowest BCUT2D eigenvalue weighted by Gasteiger charge is -2.26. The minimum atomic E-state index is -0.0169. The van der Waals surface area contributed by atoms with Crippen molar-refractivity contribution < 1.29 is 0 Å². The fourth-order valence-corrected chi connectivity index (χ4v) is 9.41. The van der Waals surface area contributed by atoms with Crippen molar-refractivity contribution in [1.29, 1.82) is 0 Å². The highest BCUT2D eigenvalue weighted by Gasteiger charge is 2.15. The number of benzene rings is 9. The van der Waals surface area contributed by atoms with Crippen LogP contribution in [-0.2, 0) is 0 Å². The van der Waals surface area contributed by atoms with E-state index in [0.29, 0.717) is 0 Å². The average Bonchev–Trinajstić information content (AvgIpc) is 3.24. The van der Waals surface area contributed by atoms with Crippen molar-refractivity contribution in [2.24, 2.45) is 0 Å².